The zero-order valence-electron chi connectivity index (χ0n) is 14.9. The molecule has 1 fully saturated rings. The monoisotopic (exact) mass is 378 g/mol. The van der Waals surface area contributed by atoms with Crippen molar-refractivity contribution in [3.8, 4) is 0 Å². The van der Waals surface area contributed by atoms with E-state index in [2.05, 4.69) is 22.8 Å². The molecule has 7 heteroatoms. The van der Waals surface area contributed by atoms with Gasteiger partial charge in [0, 0.05) is 19.0 Å². The summed E-state index contributed by atoms with van der Waals surface area (Å²) in [6.07, 6.45) is 5.60. The van der Waals surface area contributed by atoms with Crippen molar-refractivity contribution in [2.24, 2.45) is 0 Å². The first-order valence-electron chi connectivity index (χ1n) is 9.28. The zero-order valence-corrected chi connectivity index (χ0v) is 15.7. The van der Waals surface area contributed by atoms with E-state index in [1.807, 2.05) is 6.07 Å². The zero-order chi connectivity index (χ0) is 18.6. The fourth-order valence-corrected chi connectivity index (χ4v) is 5.34. The second-order valence-corrected chi connectivity index (χ2v) is 9.48. The van der Waals surface area contributed by atoms with Crippen molar-refractivity contribution in [1.29, 1.82) is 0 Å². The van der Waals surface area contributed by atoms with Gasteiger partial charge < -0.3 is 10.6 Å². The Kier molecular flexibility index (Phi) is 5.96. The number of rotatable bonds is 6. The van der Waals surface area contributed by atoms with Gasteiger partial charge in [0.25, 0.3) is 0 Å². The Morgan fingerprint density at radius 1 is 1.08 bits per heavy atom. The number of aryl methyl sites for hydroxylation is 2. The first kappa shape index (κ1) is 18.9. The predicted molar refractivity (Wildman–Crippen MR) is 99.6 cm³/mol. The molecule has 26 heavy (non-hydrogen) atoms. The van der Waals surface area contributed by atoms with E-state index in [1.54, 1.807) is 0 Å². The van der Waals surface area contributed by atoms with Crippen LogP contribution in [0.1, 0.15) is 42.4 Å². The van der Waals surface area contributed by atoms with Crippen LogP contribution in [0.3, 0.4) is 0 Å². The molecule has 0 unspecified atom stereocenters. The molecule has 0 aromatic heterocycles. The van der Waals surface area contributed by atoms with Gasteiger partial charge in [-0.2, -0.15) is 0 Å². The molecule has 0 radical (unpaired) electrons. The normalized spacial score (nSPS) is 21.0. The van der Waals surface area contributed by atoms with Crippen LogP contribution in [0.4, 0.5) is 0 Å². The summed E-state index contributed by atoms with van der Waals surface area (Å²) in [6.45, 7) is 0.259. The molecule has 2 amide bonds. The lowest BCUT2D eigenvalue weighted by atomic mass is 9.90. The maximum Gasteiger partial charge on any atom is 0.224 e. The minimum Gasteiger partial charge on any atom is -0.355 e. The predicted octanol–water partition coefficient (Wildman–Crippen LogP) is 0.918. The van der Waals surface area contributed by atoms with E-state index in [-0.39, 0.29) is 42.3 Å². The van der Waals surface area contributed by atoms with E-state index in [0.717, 1.165) is 18.4 Å². The summed E-state index contributed by atoms with van der Waals surface area (Å²) in [5.74, 6) is -0.169. The van der Waals surface area contributed by atoms with Crippen LogP contribution >= 0.6 is 0 Å². The molecular formula is C19H26N2O4S. The molecule has 142 valence electrons. The highest BCUT2D eigenvalue weighted by molar-refractivity contribution is 7.91. The van der Waals surface area contributed by atoms with Gasteiger partial charge in [-0.05, 0) is 48.8 Å². The molecule has 3 rings (SSSR count). The summed E-state index contributed by atoms with van der Waals surface area (Å²) in [7, 11) is -3.00. The summed E-state index contributed by atoms with van der Waals surface area (Å²) in [6, 6.07) is 5.97. The van der Waals surface area contributed by atoms with E-state index in [4.69, 9.17) is 0 Å². The number of hydrogen-bond donors (Lipinski definition) is 2. The Morgan fingerprint density at radius 2 is 1.85 bits per heavy atom. The van der Waals surface area contributed by atoms with E-state index < -0.39 is 9.84 Å². The highest BCUT2D eigenvalue weighted by Gasteiger charge is 2.28. The highest BCUT2D eigenvalue weighted by atomic mass is 32.2. The summed E-state index contributed by atoms with van der Waals surface area (Å²) in [4.78, 5) is 23.9. The third-order valence-corrected chi connectivity index (χ3v) is 6.82. The number of sulfone groups is 1. The van der Waals surface area contributed by atoms with Gasteiger partial charge >= 0.3 is 0 Å². The van der Waals surface area contributed by atoms with Crippen molar-refractivity contribution >= 4 is 21.7 Å². The molecule has 2 N–H and O–H groups in total. The first-order valence-corrected chi connectivity index (χ1v) is 11.1. The minimum atomic E-state index is -3.00. The molecule has 2 aliphatic rings. The van der Waals surface area contributed by atoms with Crippen molar-refractivity contribution < 1.29 is 18.0 Å². The highest BCUT2D eigenvalue weighted by Crippen LogP contribution is 2.22. The van der Waals surface area contributed by atoms with E-state index in [0.29, 0.717) is 12.8 Å². The fourth-order valence-electron chi connectivity index (χ4n) is 3.67. The second-order valence-electron chi connectivity index (χ2n) is 7.25. The van der Waals surface area contributed by atoms with E-state index in [1.165, 1.54) is 24.0 Å². The molecule has 1 atom stereocenters. The van der Waals surface area contributed by atoms with E-state index >= 15 is 0 Å². The van der Waals surface area contributed by atoms with Crippen molar-refractivity contribution in [2.75, 3.05) is 18.1 Å². The molecule has 1 aliphatic heterocycles. The van der Waals surface area contributed by atoms with E-state index in [9.17, 15) is 18.0 Å². The summed E-state index contributed by atoms with van der Waals surface area (Å²) in [5.41, 5.74) is 3.75. The number of hydrogen-bond acceptors (Lipinski definition) is 4. The molecule has 1 aromatic rings. The first-order chi connectivity index (χ1) is 12.4. The molecule has 1 aliphatic carbocycles. The maximum absolute atomic E-state index is 12.1. The van der Waals surface area contributed by atoms with Gasteiger partial charge in [-0.25, -0.2) is 8.42 Å². The Balaban J connectivity index is 1.38. The summed E-state index contributed by atoms with van der Waals surface area (Å²) in [5, 5.41) is 5.49. The second kappa shape index (κ2) is 8.20. The molecule has 0 spiro atoms. The number of fused-ring (bicyclic) bond motifs is 1. The Labute approximate surface area is 154 Å². The standard InChI is InChI=1S/C19H26N2O4S/c22-18(21-17-8-10-26(24,25)13-17)7-9-20-19(23)12-14-5-6-15-3-1-2-4-16(15)11-14/h5-6,11,17H,1-4,7-10,12-13H2,(H,20,23)(H,21,22)/t17-/m1/s1. The lowest BCUT2D eigenvalue weighted by Gasteiger charge is -2.16. The van der Waals surface area contributed by atoms with Crippen LogP contribution in [-0.2, 0) is 38.7 Å². The lowest BCUT2D eigenvalue weighted by molar-refractivity contribution is -0.122. The van der Waals surface area contributed by atoms with Crippen molar-refractivity contribution in [3.05, 3.63) is 34.9 Å². The number of nitrogens with one attached hydrogen (secondary N) is 2. The number of benzene rings is 1. The van der Waals surface area contributed by atoms with Gasteiger partial charge in [0.15, 0.2) is 9.84 Å². The molecule has 6 nitrogen and oxygen atoms in total. The van der Waals surface area contributed by atoms with Crippen LogP contribution in [0.2, 0.25) is 0 Å². The average molecular weight is 378 g/mol. The van der Waals surface area contributed by atoms with Gasteiger partial charge in [0.2, 0.25) is 11.8 Å². The third kappa shape index (κ3) is 5.30. The maximum atomic E-state index is 12.1. The topological polar surface area (TPSA) is 92.3 Å². The average Bonchev–Trinajstić information content (AvgIpc) is 2.93. The van der Waals surface area contributed by atoms with Crippen molar-refractivity contribution in [2.45, 2.75) is 51.0 Å². The van der Waals surface area contributed by atoms with Crippen LogP contribution in [0.5, 0.6) is 0 Å². The molecular weight excluding hydrogens is 352 g/mol. The summed E-state index contributed by atoms with van der Waals surface area (Å²) >= 11 is 0. The molecule has 0 saturated carbocycles. The van der Waals surface area contributed by atoms with Gasteiger partial charge in [0.05, 0.1) is 17.9 Å². The van der Waals surface area contributed by atoms with Gasteiger partial charge in [-0.15, -0.1) is 0 Å². The smallest absolute Gasteiger partial charge is 0.224 e. The van der Waals surface area contributed by atoms with Gasteiger partial charge in [-0.1, -0.05) is 18.2 Å². The number of carbonyl (C=O) groups is 2. The lowest BCUT2D eigenvalue weighted by Crippen LogP contribution is -2.38. The largest absolute Gasteiger partial charge is 0.355 e. The molecule has 0 bridgehead atoms. The fraction of sp³-hybridized carbons (Fsp3) is 0.579. The van der Waals surface area contributed by atoms with Crippen molar-refractivity contribution in [3.63, 3.8) is 0 Å². The third-order valence-electron chi connectivity index (χ3n) is 5.05. The Bertz CT molecular complexity index is 789. The molecule has 1 heterocycles. The number of amides is 2. The van der Waals surface area contributed by atoms with Crippen LogP contribution in [-0.4, -0.2) is 44.3 Å². The molecule has 1 saturated heterocycles. The van der Waals surface area contributed by atoms with Crippen molar-refractivity contribution in [1.82, 2.24) is 10.6 Å². The van der Waals surface area contributed by atoms with Crippen LogP contribution in [0, 0.1) is 0 Å². The molecule has 1 aromatic carbocycles. The Morgan fingerprint density at radius 3 is 2.58 bits per heavy atom. The SMILES string of the molecule is O=C(Cc1ccc2c(c1)CCCC2)NCCC(=O)N[C@@H]1CCS(=O)(=O)C1. The van der Waals surface area contributed by atoms with Gasteiger partial charge in [0.1, 0.15) is 0 Å². The van der Waals surface area contributed by atoms with Crippen LogP contribution in [0.15, 0.2) is 18.2 Å². The van der Waals surface area contributed by atoms with Crippen LogP contribution < -0.4 is 10.6 Å². The number of carbonyl (C=O) groups excluding carboxylic acids is 2. The Hall–Kier alpha value is -1.89. The summed E-state index contributed by atoms with van der Waals surface area (Å²) < 4.78 is 22.8. The van der Waals surface area contributed by atoms with Crippen LogP contribution in [0.25, 0.3) is 0 Å². The van der Waals surface area contributed by atoms with Gasteiger partial charge in [-0.3, -0.25) is 9.59 Å². The minimum absolute atomic E-state index is 0.0173. The quantitative estimate of drug-likeness (QED) is 0.770.